The summed E-state index contributed by atoms with van der Waals surface area (Å²) in [5, 5.41) is 15.3. The Balaban J connectivity index is 1.64. The van der Waals surface area contributed by atoms with Gasteiger partial charge in [-0.15, -0.1) is 0 Å². The third-order valence-electron chi connectivity index (χ3n) is 4.54. The molecule has 3 N–H and O–H groups in total. The van der Waals surface area contributed by atoms with E-state index in [-0.39, 0.29) is 18.0 Å². The molecule has 2 aliphatic rings. The van der Waals surface area contributed by atoms with Crippen LogP contribution in [-0.2, 0) is 0 Å². The molecule has 0 unspecified atom stereocenters. The van der Waals surface area contributed by atoms with E-state index in [4.69, 9.17) is 0 Å². The molecule has 0 spiro atoms. The standard InChI is InChI=1S/C16H20F2N2O2/c17-11-4-5-13(18)12(8-11)14(10-2-3-10)20-15(21)19-9-16(22)6-1-7-16/h4-5,8,10,14,22H,1-3,6-7,9H2,(H2,19,20,21)/t14-/m0/s1. The molecular weight excluding hydrogens is 290 g/mol. The molecule has 1 aromatic rings. The molecule has 2 fully saturated rings. The van der Waals surface area contributed by atoms with Gasteiger partial charge < -0.3 is 15.7 Å². The number of hydrogen-bond donors (Lipinski definition) is 3. The van der Waals surface area contributed by atoms with Gasteiger partial charge in [0.2, 0.25) is 0 Å². The van der Waals surface area contributed by atoms with E-state index in [9.17, 15) is 18.7 Å². The first-order chi connectivity index (χ1) is 10.5. The van der Waals surface area contributed by atoms with E-state index in [1.807, 2.05) is 0 Å². The van der Waals surface area contributed by atoms with Gasteiger partial charge in [0.15, 0.2) is 0 Å². The minimum atomic E-state index is -0.809. The maximum absolute atomic E-state index is 13.9. The Morgan fingerprint density at radius 3 is 2.68 bits per heavy atom. The first-order valence-electron chi connectivity index (χ1n) is 7.69. The van der Waals surface area contributed by atoms with E-state index in [2.05, 4.69) is 10.6 Å². The predicted molar refractivity (Wildman–Crippen MR) is 77.2 cm³/mol. The lowest BCUT2D eigenvalue weighted by Crippen LogP contribution is -2.50. The van der Waals surface area contributed by atoms with Gasteiger partial charge in [0.1, 0.15) is 11.6 Å². The largest absolute Gasteiger partial charge is 0.388 e. The molecule has 2 saturated carbocycles. The number of benzene rings is 1. The van der Waals surface area contributed by atoms with Gasteiger partial charge in [-0.2, -0.15) is 0 Å². The van der Waals surface area contributed by atoms with Crippen molar-refractivity contribution in [3.05, 3.63) is 35.4 Å². The molecule has 22 heavy (non-hydrogen) atoms. The van der Waals surface area contributed by atoms with Gasteiger partial charge in [-0.25, -0.2) is 13.6 Å². The fraction of sp³-hybridized carbons (Fsp3) is 0.562. The number of halogens is 2. The fourth-order valence-corrected chi connectivity index (χ4v) is 2.83. The van der Waals surface area contributed by atoms with Gasteiger partial charge in [0, 0.05) is 12.1 Å². The van der Waals surface area contributed by atoms with E-state index in [0.29, 0.717) is 12.8 Å². The van der Waals surface area contributed by atoms with Crippen LogP contribution in [0, 0.1) is 17.6 Å². The molecule has 2 aliphatic carbocycles. The van der Waals surface area contributed by atoms with Crippen molar-refractivity contribution in [3.63, 3.8) is 0 Å². The number of urea groups is 1. The molecule has 6 heteroatoms. The van der Waals surface area contributed by atoms with Gasteiger partial charge in [0.05, 0.1) is 11.6 Å². The molecular formula is C16H20F2N2O2. The summed E-state index contributed by atoms with van der Waals surface area (Å²) in [5.74, 6) is -0.905. The first-order valence-corrected chi connectivity index (χ1v) is 7.69. The van der Waals surface area contributed by atoms with Crippen molar-refractivity contribution in [2.75, 3.05) is 6.54 Å². The third-order valence-corrected chi connectivity index (χ3v) is 4.54. The summed E-state index contributed by atoms with van der Waals surface area (Å²) in [6, 6.07) is 2.29. The number of carbonyl (C=O) groups excluding carboxylic acids is 1. The topological polar surface area (TPSA) is 61.4 Å². The number of hydrogen-bond acceptors (Lipinski definition) is 2. The highest BCUT2D eigenvalue weighted by molar-refractivity contribution is 5.74. The first kappa shape index (κ1) is 15.2. The monoisotopic (exact) mass is 310 g/mol. The minimum Gasteiger partial charge on any atom is -0.388 e. The Labute approximate surface area is 127 Å². The lowest BCUT2D eigenvalue weighted by Gasteiger charge is -2.36. The zero-order valence-corrected chi connectivity index (χ0v) is 12.2. The van der Waals surface area contributed by atoms with Crippen molar-refractivity contribution in [1.29, 1.82) is 0 Å². The molecule has 0 radical (unpaired) electrons. The fourth-order valence-electron chi connectivity index (χ4n) is 2.83. The van der Waals surface area contributed by atoms with Crippen molar-refractivity contribution < 1.29 is 18.7 Å². The summed E-state index contributed by atoms with van der Waals surface area (Å²) in [5.41, 5.74) is -0.628. The minimum absolute atomic E-state index is 0.133. The molecule has 120 valence electrons. The van der Waals surface area contributed by atoms with E-state index in [1.54, 1.807) is 0 Å². The Hall–Kier alpha value is -1.69. The lowest BCUT2D eigenvalue weighted by molar-refractivity contribution is -0.0290. The maximum Gasteiger partial charge on any atom is 0.315 e. The molecule has 4 nitrogen and oxygen atoms in total. The van der Waals surface area contributed by atoms with E-state index in [1.165, 1.54) is 0 Å². The van der Waals surface area contributed by atoms with Crippen LogP contribution in [0.4, 0.5) is 13.6 Å². The van der Waals surface area contributed by atoms with Crippen LogP contribution in [0.5, 0.6) is 0 Å². The number of nitrogens with one attached hydrogen (secondary N) is 2. The van der Waals surface area contributed by atoms with Crippen LogP contribution in [0.15, 0.2) is 18.2 Å². The van der Waals surface area contributed by atoms with Crippen molar-refractivity contribution in [3.8, 4) is 0 Å². The summed E-state index contributed by atoms with van der Waals surface area (Å²) in [4.78, 5) is 12.0. The van der Waals surface area contributed by atoms with Gasteiger partial charge in [-0.1, -0.05) is 0 Å². The van der Waals surface area contributed by atoms with Crippen molar-refractivity contribution in [2.45, 2.75) is 43.7 Å². The molecule has 1 atom stereocenters. The highest BCUT2D eigenvalue weighted by Crippen LogP contribution is 2.41. The summed E-state index contributed by atoms with van der Waals surface area (Å²) < 4.78 is 27.3. The Bertz CT molecular complexity index is 571. The quantitative estimate of drug-likeness (QED) is 0.783. The van der Waals surface area contributed by atoms with Gasteiger partial charge in [-0.05, 0) is 56.2 Å². The van der Waals surface area contributed by atoms with Crippen LogP contribution < -0.4 is 10.6 Å². The van der Waals surface area contributed by atoms with Crippen LogP contribution in [0.25, 0.3) is 0 Å². The lowest BCUT2D eigenvalue weighted by atomic mass is 9.80. The number of rotatable bonds is 5. The zero-order valence-electron chi connectivity index (χ0n) is 12.2. The van der Waals surface area contributed by atoms with E-state index >= 15 is 0 Å². The van der Waals surface area contributed by atoms with Crippen LogP contribution in [0.1, 0.15) is 43.7 Å². The average molecular weight is 310 g/mol. The smallest absolute Gasteiger partial charge is 0.315 e. The van der Waals surface area contributed by atoms with Crippen molar-refractivity contribution in [2.24, 2.45) is 5.92 Å². The Kier molecular flexibility index (Phi) is 4.04. The zero-order chi connectivity index (χ0) is 15.7. The van der Waals surface area contributed by atoms with Crippen molar-refractivity contribution in [1.82, 2.24) is 10.6 Å². The second-order valence-electron chi connectivity index (χ2n) is 6.39. The molecule has 0 aliphatic heterocycles. The SMILES string of the molecule is O=C(NCC1(O)CCC1)N[C@H](c1cc(F)ccc1F)C1CC1. The molecule has 0 saturated heterocycles. The Morgan fingerprint density at radius 2 is 2.09 bits per heavy atom. The second-order valence-corrected chi connectivity index (χ2v) is 6.39. The highest BCUT2D eigenvalue weighted by Gasteiger charge is 2.37. The van der Waals surface area contributed by atoms with E-state index in [0.717, 1.165) is 37.5 Å². The number of carbonyl (C=O) groups is 1. The van der Waals surface area contributed by atoms with Gasteiger partial charge >= 0.3 is 6.03 Å². The second kappa shape index (κ2) is 5.83. The summed E-state index contributed by atoms with van der Waals surface area (Å²) in [6.07, 6.45) is 4.07. The molecule has 0 bridgehead atoms. The summed E-state index contributed by atoms with van der Waals surface area (Å²) in [6.45, 7) is 0.182. The molecule has 2 amide bonds. The predicted octanol–water partition coefficient (Wildman–Crippen LogP) is 2.63. The number of aliphatic hydroxyl groups is 1. The van der Waals surface area contributed by atoms with Crippen molar-refractivity contribution >= 4 is 6.03 Å². The third kappa shape index (κ3) is 3.38. The molecule has 0 heterocycles. The molecule has 1 aromatic carbocycles. The van der Waals surface area contributed by atoms with Crippen LogP contribution in [0.3, 0.4) is 0 Å². The molecule has 0 aromatic heterocycles. The van der Waals surface area contributed by atoms with Gasteiger partial charge in [-0.3, -0.25) is 0 Å². The summed E-state index contributed by atoms with van der Waals surface area (Å²) in [7, 11) is 0. The van der Waals surface area contributed by atoms with E-state index < -0.39 is 29.3 Å². The Morgan fingerprint density at radius 1 is 1.36 bits per heavy atom. The maximum atomic E-state index is 13.9. The number of amides is 2. The van der Waals surface area contributed by atoms with Crippen LogP contribution in [-0.4, -0.2) is 23.3 Å². The molecule has 3 rings (SSSR count). The average Bonchev–Trinajstić information content (AvgIpc) is 3.28. The summed E-state index contributed by atoms with van der Waals surface area (Å²) >= 11 is 0. The normalized spacial score (nSPS) is 20.9. The van der Waals surface area contributed by atoms with Crippen LogP contribution in [0.2, 0.25) is 0 Å². The van der Waals surface area contributed by atoms with Gasteiger partial charge in [0.25, 0.3) is 0 Å². The van der Waals surface area contributed by atoms with Crippen LogP contribution >= 0.6 is 0 Å². The highest BCUT2D eigenvalue weighted by atomic mass is 19.1.